The van der Waals surface area contributed by atoms with Crippen molar-refractivity contribution in [3.05, 3.63) is 69.8 Å². The number of hydrogen-bond donors (Lipinski definition) is 1. The van der Waals surface area contributed by atoms with Gasteiger partial charge in [0.1, 0.15) is 5.82 Å². The molecule has 0 bridgehead atoms. The molecule has 0 spiro atoms. The van der Waals surface area contributed by atoms with Crippen molar-refractivity contribution in [3.8, 4) is 0 Å². The maximum Gasteiger partial charge on any atom is 0.261 e. The Bertz CT molecular complexity index is 1130. The average Bonchev–Trinajstić information content (AvgIpc) is 2.68. The first-order valence-corrected chi connectivity index (χ1v) is 8.99. The van der Waals surface area contributed by atoms with E-state index in [2.05, 4.69) is 10.3 Å². The summed E-state index contributed by atoms with van der Waals surface area (Å²) in [5.41, 5.74) is 2.00. The minimum Gasteiger partial charge on any atom is -0.322 e. The van der Waals surface area contributed by atoms with E-state index in [1.807, 2.05) is 0 Å². The second kappa shape index (κ2) is 6.79. The van der Waals surface area contributed by atoms with Crippen LogP contribution in [0.4, 0.5) is 5.69 Å². The predicted molar refractivity (Wildman–Crippen MR) is 103 cm³/mol. The van der Waals surface area contributed by atoms with E-state index in [9.17, 15) is 14.4 Å². The molecule has 27 heavy (non-hydrogen) atoms. The first-order chi connectivity index (χ1) is 13.0. The maximum atomic E-state index is 12.6. The first kappa shape index (κ1) is 17.1. The Morgan fingerprint density at radius 1 is 1.07 bits per heavy atom. The van der Waals surface area contributed by atoms with Crippen molar-refractivity contribution >= 4 is 28.3 Å². The van der Waals surface area contributed by atoms with Crippen LogP contribution in [0.1, 0.15) is 46.3 Å². The maximum absolute atomic E-state index is 12.6. The molecule has 1 aromatic heterocycles. The van der Waals surface area contributed by atoms with Crippen LogP contribution in [0.5, 0.6) is 0 Å². The number of carbonyl (C=O) groups excluding carboxylic acids is 2. The molecule has 2 heterocycles. The van der Waals surface area contributed by atoms with Crippen LogP contribution < -0.4 is 10.9 Å². The third-order valence-corrected chi connectivity index (χ3v) is 4.86. The molecule has 1 N–H and O–H groups in total. The first-order valence-electron chi connectivity index (χ1n) is 8.99. The number of nitrogens with one attached hydrogen (secondary N) is 1. The molecule has 0 saturated heterocycles. The molecule has 3 aromatic rings. The second-order valence-corrected chi connectivity index (χ2v) is 6.76. The van der Waals surface area contributed by atoms with Crippen LogP contribution in [0.15, 0.2) is 47.3 Å². The SMILES string of the molecule is CC(=O)c1cccc(NC(=O)c2ccc3c(=O)n4c(nc3c2)CCCC4)c1. The van der Waals surface area contributed by atoms with E-state index in [0.29, 0.717) is 34.3 Å². The highest BCUT2D eigenvalue weighted by molar-refractivity contribution is 6.06. The summed E-state index contributed by atoms with van der Waals surface area (Å²) in [6, 6.07) is 11.7. The summed E-state index contributed by atoms with van der Waals surface area (Å²) in [7, 11) is 0. The van der Waals surface area contributed by atoms with Gasteiger partial charge in [0.2, 0.25) is 0 Å². The Labute approximate surface area is 155 Å². The van der Waals surface area contributed by atoms with Crippen molar-refractivity contribution in [2.24, 2.45) is 0 Å². The number of carbonyl (C=O) groups is 2. The zero-order chi connectivity index (χ0) is 19.0. The fourth-order valence-electron chi connectivity index (χ4n) is 3.40. The molecule has 136 valence electrons. The van der Waals surface area contributed by atoms with E-state index in [1.165, 1.54) is 6.92 Å². The van der Waals surface area contributed by atoms with Gasteiger partial charge in [0.15, 0.2) is 5.78 Å². The Morgan fingerprint density at radius 3 is 2.74 bits per heavy atom. The van der Waals surface area contributed by atoms with Crippen LogP contribution in [0.3, 0.4) is 0 Å². The van der Waals surface area contributed by atoms with Gasteiger partial charge in [-0.15, -0.1) is 0 Å². The number of amides is 1. The van der Waals surface area contributed by atoms with E-state index >= 15 is 0 Å². The number of Topliss-reactive ketones (excluding diaryl/α,β-unsaturated/α-hetero) is 1. The molecule has 1 aliphatic heterocycles. The molecule has 0 aliphatic carbocycles. The highest BCUT2D eigenvalue weighted by Crippen LogP contribution is 2.18. The van der Waals surface area contributed by atoms with Crippen LogP contribution in [-0.4, -0.2) is 21.2 Å². The fraction of sp³-hybridized carbons (Fsp3) is 0.238. The Morgan fingerprint density at radius 2 is 1.93 bits per heavy atom. The van der Waals surface area contributed by atoms with E-state index < -0.39 is 0 Å². The van der Waals surface area contributed by atoms with Crippen LogP contribution in [0, 0.1) is 0 Å². The molecule has 0 radical (unpaired) electrons. The smallest absolute Gasteiger partial charge is 0.261 e. The Hall–Kier alpha value is -3.28. The number of ketones is 1. The monoisotopic (exact) mass is 361 g/mol. The van der Waals surface area contributed by atoms with Crippen LogP contribution >= 0.6 is 0 Å². The number of hydrogen-bond acceptors (Lipinski definition) is 4. The molecule has 0 unspecified atom stereocenters. The average molecular weight is 361 g/mol. The van der Waals surface area contributed by atoms with Gasteiger partial charge < -0.3 is 5.32 Å². The summed E-state index contributed by atoms with van der Waals surface area (Å²) in [4.78, 5) is 41.3. The standard InChI is InChI=1S/C21H19N3O3/c1-13(25)14-5-4-6-16(11-14)22-20(26)15-8-9-17-18(12-15)23-19-7-2-3-10-24(19)21(17)27/h4-6,8-9,11-12H,2-3,7,10H2,1H3,(H,22,26). The van der Waals surface area contributed by atoms with Crippen molar-refractivity contribution in [1.82, 2.24) is 9.55 Å². The number of aryl methyl sites for hydroxylation is 1. The minimum absolute atomic E-state index is 0.0455. The largest absolute Gasteiger partial charge is 0.322 e. The molecular weight excluding hydrogens is 342 g/mol. The summed E-state index contributed by atoms with van der Waals surface area (Å²) < 4.78 is 1.73. The van der Waals surface area contributed by atoms with Gasteiger partial charge in [0.05, 0.1) is 10.9 Å². The van der Waals surface area contributed by atoms with Gasteiger partial charge >= 0.3 is 0 Å². The topological polar surface area (TPSA) is 81.1 Å². The minimum atomic E-state index is -0.308. The number of aromatic nitrogens is 2. The molecule has 2 aromatic carbocycles. The van der Waals surface area contributed by atoms with Crippen molar-refractivity contribution in [2.75, 3.05) is 5.32 Å². The van der Waals surface area contributed by atoms with Crippen LogP contribution in [-0.2, 0) is 13.0 Å². The lowest BCUT2D eigenvalue weighted by molar-refractivity contribution is 0.101. The normalized spacial score (nSPS) is 13.2. The molecular formula is C21H19N3O3. The van der Waals surface area contributed by atoms with E-state index in [0.717, 1.165) is 25.1 Å². The Kier molecular flexibility index (Phi) is 4.32. The quantitative estimate of drug-likeness (QED) is 0.727. The molecule has 0 atom stereocenters. The molecule has 4 rings (SSSR count). The number of fused-ring (bicyclic) bond motifs is 2. The fourth-order valence-corrected chi connectivity index (χ4v) is 3.40. The van der Waals surface area contributed by atoms with Crippen molar-refractivity contribution < 1.29 is 9.59 Å². The van der Waals surface area contributed by atoms with Gasteiger partial charge in [-0.3, -0.25) is 19.0 Å². The lowest BCUT2D eigenvalue weighted by Crippen LogP contribution is -2.28. The van der Waals surface area contributed by atoms with Gasteiger partial charge in [-0.25, -0.2) is 4.98 Å². The summed E-state index contributed by atoms with van der Waals surface area (Å²) in [6.07, 6.45) is 2.78. The van der Waals surface area contributed by atoms with Gasteiger partial charge in [-0.1, -0.05) is 12.1 Å². The lowest BCUT2D eigenvalue weighted by atomic mass is 10.1. The molecule has 1 amide bonds. The summed E-state index contributed by atoms with van der Waals surface area (Å²) in [6.45, 7) is 2.18. The molecule has 0 fully saturated rings. The summed E-state index contributed by atoms with van der Waals surface area (Å²) >= 11 is 0. The number of anilines is 1. The van der Waals surface area contributed by atoms with E-state index in [-0.39, 0.29) is 17.2 Å². The molecule has 1 aliphatic rings. The van der Waals surface area contributed by atoms with Gasteiger partial charge in [0, 0.05) is 29.8 Å². The molecule has 6 nitrogen and oxygen atoms in total. The zero-order valence-corrected chi connectivity index (χ0v) is 15.0. The Balaban J connectivity index is 1.67. The number of nitrogens with zero attached hydrogens (tertiary/aromatic N) is 2. The third kappa shape index (κ3) is 3.26. The van der Waals surface area contributed by atoms with Crippen molar-refractivity contribution in [1.29, 1.82) is 0 Å². The summed E-state index contributed by atoms with van der Waals surface area (Å²) in [5.74, 6) is 0.411. The highest BCUT2D eigenvalue weighted by atomic mass is 16.2. The summed E-state index contributed by atoms with van der Waals surface area (Å²) in [5, 5.41) is 3.32. The van der Waals surface area contributed by atoms with Gasteiger partial charge in [0.25, 0.3) is 11.5 Å². The lowest BCUT2D eigenvalue weighted by Gasteiger charge is -2.17. The zero-order valence-electron chi connectivity index (χ0n) is 15.0. The number of benzene rings is 2. The molecule has 0 saturated carbocycles. The van der Waals surface area contributed by atoms with Gasteiger partial charge in [-0.05, 0) is 50.1 Å². The van der Waals surface area contributed by atoms with E-state index in [4.69, 9.17) is 0 Å². The third-order valence-electron chi connectivity index (χ3n) is 4.86. The highest BCUT2D eigenvalue weighted by Gasteiger charge is 2.16. The van der Waals surface area contributed by atoms with Crippen LogP contribution in [0.2, 0.25) is 0 Å². The second-order valence-electron chi connectivity index (χ2n) is 6.76. The number of rotatable bonds is 3. The van der Waals surface area contributed by atoms with Crippen molar-refractivity contribution in [2.45, 2.75) is 32.7 Å². The predicted octanol–water partition coefficient (Wildman–Crippen LogP) is 3.19. The molecule has 6 heteroatoms. The van der Waals surface area contributed by atoms with Gasteiger partial charge in [-0.2, -0.15) is 0 Å². The van der Waals surface area contributed by atoms with Crippen molar-refractivity contribution in [3.63, 3.8) is 0 Å². The van der Waals surface area contributed by atoms with Crippen LogP contribution in [0.25, 0.3) is 10.9 Å². The van der Waals surface area contributed by atoms with E-state index in [1.54, 1.807) is 47.0 Å².